The van der Waals surface area contributed by atoms with E-state index in [0.717, 1.165) is 25.7 Å². The second-order valence-corrected chi connectivity index (χ2v) is 6.24. The summed E-state index contributed by atoms with van der Waals surface area (Å²) in [6.45, 7) is 2.17. The number of likely N-dealkylation sites (N-methyl/N-ethyl adjacent to an activating group) is 1. The Bertz CT molecular complexity index is 530. The van der Waals surface area contributed by atoms with Crippen molar-refractivity contribution in [2.75, 3.05) is 18.5 Å². The van der Waals surface area contributed by atoms with E-state index >= 15 is 0 Å². The van der Waals surface area contributed by atoms with Crippen LogP contribution in [0.5, 0.6) is 0 Å². The van der Waals surface area contributed by atoms with Gasteiger partial charge in [0.05, 0.1) is 15.0 Å². The molecule has 1 aliphatic rings. The van der Waals surface area contributed by atoms with Gasteiger partial charge in [-0.05, 0) is 35.7 Å². The van der Waals surface area contributed by atoms with E-state index in [1.165, 1.54) is 6.20 Å². The van der Waals surface area contributed by atoms with Gasteiger partial charge in [-0.15, -0.1) is 0 Å². The number of anilines is 1. The van der Waals surface area contributed by atoms with Crippen LogP contribution in [-0.2, 0) is 0 Å². The molecule has 7 heteroatoms. The summed E-state index contributed by atoms with van der Waals surface area (Å²) in [4.78, 5) is 16.4. The third-order valence-electron chi connectivity index (χ3n) is 3.84. The molecule has 1 aliphatic carbocycles. The number of rotatable bonds is 4. The van der Waals surface area contributed by atoms with Gasteiger partial charge in [-0.1, -0.05) is 12.8 Å². The van der Waals surface area contributed by atoms with Crippen LogP contribution in [0.15, 0.2) is 10.7 Å². The molecular formula is C13H18BrN3O3. The highest BCUT2D eigenvalue weighted by atomic mass is 79.9. The minimum atomic E-state index is -0.675. The maximum Gasteiger partial charge on any atom is 0.291 e. The summed E-state index contributed by atoms with van der Waals surface area (Å²) in [7, 11) is 1.84. The number of aromatic nitrogens is 1. The van der Waals surface area contributed by atoms with Crippen LogP contribution in [0.2, 0.25) is 0 Å². The molecule has 20 heavy (non-hydrogen) atoms. The van der Waals surface area contributed by atoms with Crippen LogP contribution >= 0.6 is 15.9 Å². The van der Waals surface area contributed by atoms with Gasteiger partial charge in [0.15, 0.2) is 0 Å². The molecule has 6 nitrogen and oxygen atoms in total. The van der Waals surface area contributed by atoms with Gasteiger partial charge in [0.25, 0.3) is 5.69 Å². The maximum absolute atomic E-state index is 10.9. The molecule has 1 heterocycles. The minimum absolute atomic E-state index is 0.00592. The van der Waals surface area contributed by atoms with Crippen LogP contribution < -0.4 is 4.90 Å². The van der Waals surface area contributed by atoms with Crippen LogP contribution in [0.1, 0.15) is 31.2 Å². The van der Waals surface area contributed by atoms with Gasteiger partial charge in [-0.3, -0.25) is 10.1 Å². The zero-order valence-electron chi connectivity index (χ0n) is 11.6. The quantitative estimate of drug-likeness (QED) is 0.671. The third kappa shape index (κ3) is 2.93. The molecule has 0 amide bonds. The van der Waals surface area contributed by atoms with E-state index in [0.29, 0.717) is 22.4 Å². The van der Waals surface area contributed by atoms with E-state index in [4.69, 9.17) is 0 Å². The van der Waals surface area contributed by atoms with Gasteiger partial charge >= 0.3 is 0 Å². The van der Waals surface area contributed by atoms with E-state index in [1.54, 1.807) is 6.92 Å². The molecule has 0 radical (unpaired) electrons. The molecule has 2 rings (SSSR count). The molecule has 0 atom stereocenters. The van der Waals surface area contributed by atoms with Crippen molar-refractivity contribution >= 4 is 27.4 Å². The van der Waals surface area contributed by atoms with Crippen molar-refractivity contribution in [1.82, 2.24) is 4.98 Å². The first-order chi connectivity index (χ1) is 9.34. The lowest BCUT2D eigenvalue weighted by Crippen LogP contribution is -2.39. The van der Waals surface area contributed by atoms with E-state index in [1.807, 2.05) is 11.9 Å². The first-order valence-electron chi connectivity index (χ1n) is 6.57. The lowest BCUT2D eigenvalue weighted by molar-refractivity contribution is -0.385. The normalized spacial score (nSPS) is 17.2. The SMILES string of the molecule is Cc1c([N+](=O)[O-])cnc(N(C)CC2(O)CCCC2)c1Br. The summed E-state index contributed by atoms with van der Waals surface area (Å²) in [6.07, 6.45) is 4.93. The lowest BCUT2D eigenvalue weighted by Gasteiger charge is -2.30. The zero-order chi connectivity index (χ0) is 14.9. The molecule has 0 saturated heterocycles. The average Bonchev–Trinajstić information content (AvgIpc) is 2.78. The lowest BCUT2D eigenvalue weighted by atomic mass is 10.0. The molecule has 1 saturated carbocycles. The first kappa shape index (κ1) is 15.2. The fourth-order valence-corrected chi connectivity index (χ4v) is 3.32. The fourth-order valence-electron chi connectivity index (χ4n) is 2.71. The van der Waals surface area contributed by atoms with Crippen LogP contribution in [0.25, 0.3) is 0 Å². The van der Waals surface area contributed by atoms with Gasteiger partial charge in [0.1, 0.15) is 12.0 Å². The topological polar surface area (TPSA) is 79.5 Å². The molecule has 1 aromatic heterocycles. The molecular weight excluding hydrogens is 326 g/mol. The van der Waals surface area contributed by atoms with Crippen LogP contribution in [0.4, 0.5) is 11.5 Å². The standard InChI is InChI=1S/C13H18BrN3O3/c1-9-10(17(19)20)7-15-12(11(9)14)16(2)8-13(18)5-3-4-6-13/h7,18H,3-6,8H2,1-2H3. The Kier molecular flexibility index (Phi) is 4.29. The Balaban J connectivity index is 2.24. The predicted molar refractivity (Wildman–Crippen MR) is 80.0 cm³/mol. The summed E-state index contributed by atoms with van der Waals surface area (Å²) in [5.74, 6) is 0.619. The van der Waals surface area contributed by atoms with Gasteiger partial charge in [0, 0.05) is 19.2 Å². The molecule has 1 aromatic rings. The summed E-state index contributed by atoms with van der Waals surface area (Å²) in [5.41, 5.74) is -0.134. The molecule has 1 fully saturated rings. The summed E-state index contributed by atoms with van der Waals surface area (Å²) in [6, 6.07) is 0. The summed E-state index contributed by atoms with van der Waals surface area (Å²) >= 11 is 3.38. The Hall–Kier alpha value is -1.21. The highest BCUT2D eigenvalue weighted by Crippen LogP contribution is 2.35. The van der Waals surface area contributed by atoms with Crippen LogP contribution in [0.3, 0.4) is 0 Å². The van der Waals surface area contributed by atoms with Crippen LogP contribution in [0, 0.1) is 17.0 Å². The van der Waals surface area contributed by atoms with Crippen molar-refractivity contribution in [1.29, 1.82) is 0 Å². The number of nitrogens with zero attached hydrogens (tertiary/aromatic N) is 3. The van der Waals surface area contributed by atoms with Crippen LogP contribution in [-0.4, -0.2) is 34.2 Å². The van der Waals surface area contributed by atoms with E-state index in [2.05, 4.69) is 20.9 Å². The highest BCUT2D eigenvalue weighted by Gasteiger charge is 2.33. The fraction of sp³-hybridized carbons (Fsp3) is 0.615. The first-order valence-corrected chi connectivity index (χ1v) is 7.36. The Morgan fingerprint density at radius 1 is 1.55 bits per heavy atom. The Morgan fingerprint density at radius 2 is 2.15 bits per heavy atom. The predicted octanol–water partition coefficient (Wildman–Crippen LogP) is 2.80. The third-order valence-corrected chi connectivity index (χ3v) is 4.79. The number of halogens is 1. The van der Waals surface area contributed by atoms with E-state index < -0.39 is 10.5 Å². The van der Waals surface area contributed by atoms with Gasteiger partial charge in [-0.2, -0.15) is 0 Å². The van der Waals surface area contributed by atoms with E-state index in [-0.39, 0.29) is 5.69 Å². The van der Waals surface area contributed by atoms with Crippen molar-refractivity contribution in [3.63, 3.8) is 0 Å². The zero-order valence-corrected chi connectivity index (χ0v) is 13.2. The van der Waals surface area contributed by atoms with Crippen molar-refractivity contribution in [3.05, 3.63) is 26.3 Å². The molecule has 0 spiro atoms. The number of hydrogen-bond donors (Lipinski definition) is 1. The minimum Gasteiger partial charge on any atom is -0.388 e. The second kappa shape index (κ2) is 5.65. The maximum atomic E-state index is 10.9. The largest absolute Gasteiger partial charge is 0.388 e. The Morgan fingerprint density at radius 3 is 2.70 bits per heavy atom. The molecule has 1 N–H and O–H groups in total. The highest BCUT2D eigenvalue weighted by molar-refractivity contribution is 9.10. The van der Waals surface area contributed by atoms with Gasteiger partial charge < -0.3 is 10.0 Å². The van der Waals surface area contributed by atoms with Gasteiger partial charge in [0.2, 0.25) is 0 Å². The van der Waals surface area contributed by atoms with Crippen molar-refractivity contribution in [2.45, 2.75) is 38.2 Å². The van der Waals surface area contributed by atoms with Crippen molar-refractivity contribution in [3.8, 4) is 0 Å². The monoisotopic (exact) mass is 343 g/mol. The van der Waals surface area contributed by atoms with Gasteiger partial charge in [-0.25, -0.2) is 4.98 Å². The number of aliphatic hydroxyl groups is 1. The van der Waals surface area contributed by atoms with Crippen molar-refractivity contribution < 1.29 is 10.0 Å². The number of hydrogen-bond acceptors (Lipinski definition) is 5. The number of pyridine rings is 1. The molecule has 0 unspecified atom stereocenters. The molecule has 0 bridgehead atoms. The Labute approximate surface area is 126 Å². The van der Waals surface area contributed by atoms with Crippen molar-refractivity contribution in [2.24, 2.45) is 0 Å². The smallest absolute Gasteiger partial charge is 0.291 e. The second-order valence-electron chi connectivity index (χ2n) is 5.45. The molecule has 0 aromatic carbocycles. The summed E-state index contributed by atoms with van der Waals surface area (Å²) in [5, 5.41) is 21.3. The molecule has 110 valence electrons. The average molecular weight is 344 g/mol. The van der Waals surface area contributed by atoms with E-state index in [9.17, 15) is 15.2 Å². The summed E-state index contributed by atoms with van der Waals surface area (Å²) < 4.78 is 0.607. The molecule has 0 aliphatic heterocycles. The number of nitro groups is 1.